The maximum absolute atomic E-state index is 13.5. The molecule has 0 unspecified atom stereocenters. The molecule has 5 N–H and O–H groups in total. The monoisotopic (exact) mass is 543 g/mol. The molecule has 10 nitrogen and oxygen atoms in total. The fraction of sp³-hybridized carbons (Fsp3) is 0.269. The van der Waals surface area contributed by atoms with Crippen LogP contribution >= 0.6 is 0 Å². The number of nitriles is 1. The molecule has 13 heteroatoms. The number of rotatable bonds is 6. The summed E-state index contributed by atoms with van der Waals surface area (Å²) in [5, 5.41) is 12.1. The van der Waals surface area contributed by atoms with Crippen molar-refractivity contribution in [3.63, 3.8) is 0 Å². The van der Waals surface area contributed by atoms with E-state index >= 15 is 0 Å². The summed E-state index contributed by atoms with van der Waals surface area (Å²) >= 11 is 0. The molecule has 0 spiro atoms. The summed E-state index contributed by atoms with van der Waals surface area (Å²) in [6, 6.07) is 8.38. The fourth-order valence-corrected chi connectivity index (χ4v) is 4.44. The summed E-state index contributed by atoms with van der Waals surface area (Å²) < 4.78 is 46.5. The molecular weight excluding hydrogens is 517 g/mol. The van der Waals surface area contributed by atoms with E-state index in [0.717, 1.165) is 34.8 Å². The number of hydrogen-bond acceptors (Lipinski definition) is 6. The maximum atomic E-state index is 13.5. The number of guanidine groups is 1. The van der Waals surface area contributed by atoms with Gasteiger partial charge >= 0.3 is 24.1 Å². The normalized spacial score (nSPS) is 15.6. The average molecular weight is 544 g/mol. The summed E-state index contributed by atoms with van der Waals surface area (Å²) in [7, 11) is 1.11. The van der Waals surface area contributed by atoms with Crippen molar-refractivity contribution in [2.75, 3.05) is 13.7 Å². The van der Waals surface area contributed by atoms with Crippen LogP contribution < -0.4 is 16.8 Å². The molecule has 1 heterocycles. The molecule has 1 atom stereocenters. The number of ether oxygens (including phenoxy) is 1. The Balaban J connectivity index is 2.32. The molecule has 2 aromatic rings. The number of hydrogen-bond donors (Lipinski definition) is 3. The minimum Gasteiger partial charge on any atom is -0.465 e. The van der Waals surface area contributed by atoms with Crippen LogP contribution in [0.15, 0.2) is 53.7 Å². The molecule has 0 bridgehead atoms. The van der Waals surface area contributed by atoms with Crippen LogP contribution in [0.4, 0.5) is 23.7 Å². The van der Waals surface area contributed by atoms with Gasteiger partial charge in [-0.3, -0.25) is 10.5 Å². The molecule has 0 aromatic heterocycles. The number of esters is 1. The Morgan fingerprint density at radius 3 is 2.46 bits per heavy atom. The maximum Gasteiger partial charge on any atom is 0.416 e. The van der Waals surface area contributed by atoms with Gasteiger partial charge in [-0.1, -0.05) is 12.1 Å². The van der Waals surface area contributed by atoms with Crippen molar-refractivity contribution < 1.29 is 36.9 Å². The van der Waals surface area contributed by atoms with Gasteiger partial charge in [-0.25, -0.2) is 14.2 Å². The number of alkyl halides is 3. The molecule has 2 aromatic carbocycles. The third kappa shape index (κ3) is 5.85. The highest BCUT2D eigenvalue weighted by atomic mass is 19.4. The zero-order valence-electron chi connectivity index (χ0n) is 21.3. The number of allylic oxidation sites excluding steroid dienone is 1. The first kappa shape index (κ1) is 28.7. The molecule has 3 amide bonds. The van der Waals surface area contributed by atoms with Crippen LogP contribution in [0.3, 0.4) is 0 Å². The number of methoxy groups -OCH3 is 1. The van der Waals surface area contributed by atoms with E-state index in [9.17, 15) is 32.8 Å². The van der Waals surface area contributed by atoms with Crippen molar-refractivity contribution in [2.24, 2.45) is 11.5 Å². The Hall–Kier alpha value is -4.86. The highest BCUT2D eigenvalue weighted by molar-refractivity contribution is 5.99. The van der Waals surface area contributed by atoms with Gasteiger partial charge in [0, 0.05) is 13.5 Å². The molecule has 0 radical (unpaired) electrons. The quantitative estimate of drug-likeness (QED) is 0.376. The van der Waals surface area contributed by atoms with E-state index in [1.165, 1.54) is 38.1 Å². The summed E-state index contributed by atoms with van der Waals surface area (Å²) in [4.78, 5) is 38.2. The summed E-state index contributed by atoms with van der Waals surface area (Å²) in [6.07, 6.45) is -4.46. The predicted molar refractivity (Wildman–Crippen MR) is 133 cm³/mol. The molecule has 3 rings (SSSR count). The summed E-state index contributed by atoms with van der Waals surface area (Å²) in [5.41, 5.74) is 12.1. The van der Waals surface area contributed by atoms with Gasteiger partial charge in [-0.05, 0) is 54.8 Å². The molecule has 1 aliphatic rings. The number of carbonyl (C=O) groups is 3. The van der Waals surface area contributed by atoms with E-state index in [1.54, 1.807) is 0 Å². The van der Waals surface area contributed by atoms with E-state index < -0.39 is 29.8 Å². The molecule has 0 aliphatic carbocycles. The van der Waals surface area contributed by atoms with Gasteiger partial charge in [0.1, 0.15) is 17.3 Å². The van der Waals surface area contributed by atoms with Crippen LogP contribution in [0, 0.1) is 11.3 Å². The molecule has 0 fully saturated rings. The van der Waals surface area contributed by atoms with Crippen molar-refractivity contribution in [1.82, 2.24) is 10.2 Å². The predicted octanol–water partition coefficient (Wildman–Crippen LogP) is 2.80. The number of benzene rings is 2. The zero-order chi connectivity index (χ0) is 29.1. The van der Waals surface area contributed by atoms with Crippen LogP contribution in [0.5, 0.6) is 0 Å². The van der Waals surface area contributed by atoms with Crippen LogP contribution in [0.25, 0.3) is 0 Å². The Labute approximate surface area is 221 Å². The average Bonchev–Trinajstić information content (AvgIpc) is 2.87. The second kappa shape index (κ2) is 11.3. The van der Waals surface area contributed by atoms with E-state index in [-0.39, 0.29) is 47.4 Å². The highest BCUT2D eigenvalue weighted by Crippen LogP contribution is 2.40. The van der Waals surface area contributed by atoms with Crippen molar-refractivity contribution in [2.45, 2.75) is 32.5 Å². The number of urea groups is 1. The Morgan fingerprint density at radius 2 is 1.90 bits per heavy atom. The van der Waals surface area contributed by atoms with E-state index in [2.05, 4.69) is 5.32 Å². The van der Waals surface area contributed by atoms with Crippen molar-refractivity contribution >= 4 is 29.6 Å². The lowest BCUT2D eigenvalue weighted by Gasteiger charge is -2.33. The number of halogens is 3. The molecule has 0 saturated heterocycles. The van der Waals surface area contributed by atoms with Gasteiger partial charge in [0.15, 0.2) is 0 Å². The Morgan fingerprint density at radius 1 is 1.21 bits per heavy atom. The number of nitrogens with zero attached hydrogens (tertiary/aromatic N) is 3. The zero-order valence-corrected chi connectivity index (χ0v) is 21.3. The van der Waals surface area contributed by atoms with Gasteiger partial charge in [0.25, 0.3) is 0 Å². The molecule has 39 heavy (non-hydrogen) atoms. The van der Waals surface area contributed by atoms with Crippen molar-refractivity contribution in [1.29, 1.82) is 5.26 Å². The summed E-state index contributed by atoms with van der Waals surface area (Å²) in [6.45, 7) is 2.96. The van der Waals surface area contributed by atoms with Gasteiger partial charge < -0.3 is 15.8 Å². The molecule has 0 saturated carbocycles. The van der Waals surface area contributed by atoms with E-state index in [1.807, 2.05) is 6.07 Å². The lowest BCUT2D eigenvalue weighted by atomic mass is 9.88. The van der Waals surface area contributed by atoms with Crippen molar-refractivity contribution in [3.05, 3.63) is 76.0 Å². The first-order chi connectivity index (χ1) is 18.3. The standard InChI is InChI=1S/C26H25F3N6O4/c1-14-21(23(37)39-3)22(20-8-7-16(13-30)11-17(20)9-10-33-15(2)36)35(25(32)38)24(31)34(14)19-6-4-5-18(12-19)26(27,28)29/h4-8,11-12,22,31H,9-10H2,1-3H3,(H3,32,33,36,38)/p+1/t22-/m1/s1. The Kier molecular flexibility index (Phi) is 8.29. The van der Waals surface area contributed by atoms with Crippen molar-refractivity contribution in [3.8, 4) is 6.07 Å². The van der Waals surface area contributed by atoms with Gasteiger partial charge in [-0.15, -0.1) is 0 Å². The lowest BCUT2D eigenvalue weighted by molar-refractivity contribution is -0.396. The topological polar surface area (TPSA) is 155 Å². The van der Waals surface area contributed by atoms with Crippen LogP contribution in [-0.4, -0.2) is 47.0 Å². The largest absolute Gasteiger partial charge is 0.465 e. The number of amides is 3. The van der Waals surface area contributed by atoms with Gasteiger partial charge in [0.05, 0.1) is 30.0 Å². The van der Waals surface area contributed by atoms with E-state index in [4.69, 9.17) is 16.2 Å². The first-order valence-electron chi connectivity index (χ1n) is 11.6. The van der Waals surface area contributed by atoms with E-state index in [0.29, 0.717) is 11.1 Å². The summed E-state index contributed by atoms with van der Waals surface area (Å²) in [5.74, 6) is -1.52. The Bertz CT molecular complexity index is 1440. The van der Waals surface area contributed by atoms with Crippen LogP contribution in [0.2, 0.25) is 0 Å². The van der Waals surface area contributed by atoms with Gasteiger partial charge in [-0.2, -0.15) is 23.3 Å². The second-order valence-electron chi connectivity index (χ2n) is 8.60. The highest BCUT2D eigenvalue weighted by Gasteiger charge is 2.47. The number of primary amides is 1. The fourth-order valence-electron chi connectivity index (χ4n) is 4.44. The van der Waals surface area contributed by atoms with Crippen LogP contribution in [0.1, 0.15) is 42.1 Å². The lowest BCUT2D eigenvalue weighted by Crippen LogP contribution is -2.54. The second-order valence-corrected chi connectivity index (χ2v) is 8.60. The first-order valence-corrected chi connectivity index (χ1v) is 11.6. The number of nitrogens with two attached hydrogens (primary N) is 2. The number of carbonyl (C=O) groups excluding carboxylic acids is 3. The smallest absolute Gasteiger partial charge is 0.416 e. The molecular formula is C26H26F3N6O4+. The SMILES string of the molecule is COC(=O)C1=C(C)[N+](c2cccc(C(F)(F)F)c2)=C(N)N(C(N)=O)[C@@H]1c1ccc(C#N)cc1CCNC(C)=O. The minimum absolute atomic E-state index is 0.0726. The van der Waals surface area contributed by atoms with Gasteiger partial charge in [0.2, 0.25) is 5.91 Å². The third-order valence-electron chi connectivity index (χ3n) is 6.14. The number of nitrogens with one attached hydrogen (secondary N) is 1. The van der Waals surface area contributed by atoms with Crippen LogP contribution in [-0.2, 0) is 26.9 Å². The molecule has 204 valence electrons. The third-order valence-corrected chi connectivity index (χ3v) is 6.14. The minimum atomic E-state index is -4.67. The molecule has 1 aliphatic heterocycles.